The van der Waals surface area contributed by atoms with E-state index in [2.05, 4.69) is 29.6 Å². The van der Waals surface area contributed by atoms with Crippen molar-refractivity contribution in [3.63, 3.8) is 0 Å². The number of benzene rings is 2. The van der Waals surface area contributed by atoms with E-state index in [0.29, 0.717) is 22.7 Å². The Balaban J connectivity index is 1.61. The van der Waals surface area contributed by atoms with Crippen LogP contribution in [0.1, 0.15) is 24.3 Å². The molecule has 19 heavy (non-hydrogen) atoms. The molecule has 1 nitrogen and oxygen atoms in total. The van der Waals surface area contributed by atoms with Crippen LogP contribution in [0.25, 0.3) is 0 Å². The van der Waals surface area contributed by atoms with E-state index in [1.54, 1.807) is 6.07 Å². The van der Waals surface area contributed by atoms with Crippen molar-refractivity contribution in [2.75, 3.05) is 5.32 Å². The van der Waals surface area contributed by atoms with E-state index in [9.17, 15) is 4.39 Å². The third-order valence-electron chi connectivity index (χ3n) is 3.70. The normalized spacial score (nSPS) is 21.8. The molecule has 0 amide bonds. The molecule has 1 aliphatic rings. The van der Waals surface area contributed by atoms with Crippen molar-refractivity contribution in [1.82, 2.24) is 0 Å². The Hall–Kier alpha value is -1.54. The average Bonchev–Trinajstić information content (AvgIpc) is 2.38. The molecule has 3 heteroatoms. The number of rotatable bonds is 3. The van der Waals surface area contributed by atoms with Gasteiger partial charge in [-0.2, -0.15) is 0 Å². The van der Waals surface area contributed by atoms with E-state index in [-0.39, 0.29) is 5.82 Å². The molecule has 0 spiro atoms. The van der Waals surface area contributed by atoms with E-state index >= 15 is 0 Å². The van der Waals surface area contributed by atoms with Crippen LogP contribution in [0.2, 0.25) is 5.02 Å². The largest absolute Gasteiger partial charge is 0.381 e. The Morgan fingerprint density at radius 3 is 2.53 bits per heavy atom. The van der Waals surface area contributed by atoms with Crippen LogP contribution < -0.4 is 5.32 Å². The molecule has 0 aliphatic heterocycles. The highest BCUT2D eigenvalue weighted by atomic mass is 35.5. The number of anilines is 1. The summed E-state index contributed by atoms with van der Waals surface area (Å²) in [7, 11) is 0. The van der Waals surface area contributed by atoms with Gasteiger partial charge in [0.15, 0.2) is 0 Å². The van der Waals surface area contributed by atoms with Gasteiger partial charge in [-0.25, -0.2) is 4.39 Å². The van der Waals surface area contributed by atoms with Crippen molar-refractivity contribution < 1.29 is 4.39 Å². The highest BCUT2D eigenvalue weighted by molar-refractivity contribution is 6.33. The lowest BCUT2D eigenvalue weighted by molar-refractivity contribution is 0.374. The number of hydrogen-bond donors (Lipinski definition) is 1. The standard InChI is InChI=1S/C16H15ClFN/c17-15-7-6-13(18)10-16(15)19-14-8-12(9-14)11-4-2-1-3-5-11/h1-7,10,12,14,19H,8-9H2. The predicted molar refractivity (Wildman–Crippen MR) is 77.2 cm³/mol. The van der Waals surface area contributed by atoms with Crippen molar-refractivity contribution in [2.24, 2.45) is 0 Å². The quantitative estimate of drug-likeness (QED) is 0.845. The second-order valence-corrected chi connectivity index (χ2v) is 5.45. The number of halogens is 2. The highest BCUT2D eigenvalue weighted by Gasteiger charge is 2.30. The molecular formula is C16H15ClFN. The van der Waals surface area contributed by atoms with Crippen LogP contribution in [0.4, 0.5) is 10.1 Å². The molecule has 0 unspecified atom stereocenters. The minimum absolute atomic E-state index is 0.258. The smallest absolute Gasteiger partial charge is 0.125 e. The van der Waals surface area contributed by atoms with Crippen LogP contribution in [0, 0.1) is 5.82 Å². The van der Waals surface area contributed by atoms with Gasteiger partial charge in [0.2, 0.25) is 0 Å². The summed E-state index contributed by atoms with van der Waals surface area (Å²) in [4.78, 5) is 0. The van der Waals surface area contributed by atoms with Crippen molar-refractivity contribution in [2.45, 2.75) is 24.8 Å². The Kier molecular flexibility index (Phi) is 3.43. The summed E-state index contributed by atoms with van der Waals surface area (Å²) in [6, 6.07) is 15.3. The molecule has 3 rings (SSSR count). The average molecular weight is 276 g/mol. The Bertz CT molecular complexity index is 564. The molecule has 1 saturated carbocycles. The molecule has 1 fully saturated rings. The summed E-state index contributed by atoms with van der Waals surface area (Å²) in [6.45, 7) is 0. The van der Waals surface area contributed by atoms with Gasteiger partial charge in [0, 0.05) is 6.04 Å². The first kappa shape index (κ1) is 12.5. The molecule has 0 radical (unpaired) electrons. The molecule has 0 heterocycles. The lowest BCUT2D eigenvalue weighted by Crippen LogP contribution is -2.34. The van der Waals surface area contributed by atoms with Gasteiger partial charge in [-0.15, -0.1) is 0 Å². The van der Waals surface area contributed by atoms with Gasteiger partial charge in [-0.1, -0.05) is 41.9 Å². The number of nitrogens with one attached hydrogen (secondary N) is 1. The summed E-state index contributed by atoms with van der Waals surface area (Å²) in [5.74, 6) is 0.344. The lowest BCUT2D eigenvalue weighted by atomic mass is 9.76. The van der Waals surface area contributed by atoms with E-state index < -0.39 is 0 Å². The summed E-state index contributed by atoms with van der Waals surface area (Å²) >= 11 is 6.05. The zero-order chi connectivity index (χ0) is 13.2. The molecule has 1 N–H and O–H groups in total. The third-order valence-corrected chi connectivity index (χ3v) is 4.03. The second kappa shape index (κ2) is 5.22. The van der Waals surface area contributed by atoms with Crippen molar-refractivity contribution in [1.29, 1.82) is 0 Å². The summed E-state index contributed by atoms with van der Waals surface area (Å²) in [5.41, 5.74) is 2.07. The summed E-state index contributed by atoms with van der Waals surface area (Å²) < 4.78 is 13.2. The molecule has 0 saturated heterocycles. The summed E-state index contributed by atoms with van der Waals surface area (Å²) in [5, 5.41) is 3.89. The van der Waals surface area contributed by atoms with Crippen LogP contribution in [0.5, 0.6) is 0 Å². The van der Waals surface area contributed by atoms with E-state index in [1.165, 1.54) is 17.7 Å². The second-order valence-electron chi connectivity index (χ2n) is 5.04. The maximum Gasteiger partial charge on any atom is 0.125 e. The van der Waals surface area contributed by atoms with Crippen molar-refractivity contribution >= 4 is 17.3 Å². The minimum atomic E-state index is -0.258. The van der Waals surface area contributed by atoms with Crippen LogP contribution in [-0.4, -0.2) is 6.04 Å². The predicted octanol–water partition coefficient (Wildman–Crippen LogP) is 4.84. The Morgan fingerprint density at radius 1 is 1.05 bits per heavy atom. The van der Waals surface area contributed by atoms with Gasteiger partial charge in [-0.05, 0) is 42.5 Å². The lowest BCUT2D eigenvalue weighted by Gasteiger charge is -2.37. The molecule has 98 valence electrons. The van der Waals surface area contributed by atoms with Crippen LogP contribution >= 0.6 is 11.6 Å². The molecule has 0 bridgehead atoms. The molecule has 0 atom stereocenters. The van der Waals surface area contributed by atoms with Gasteiger partial charge >= 0.3 is 0 Å². The zero-order valence-electron chi connectivity index (χ0n) is 10.4. The van der Waals surface area contributed by atoms with Crippen molar-refractivity contribution in [3.05, 3.63) is 64.9 Å². The van der Waals surface area contributed by atoms with Gasteiger partial charge in [0.1, 0.15) is 5.82 Å². The van der Waals surface area contributed by atoms with Gasteiger partial charge in [0.25, 0.3) is 0 Å². The summed E-state index contributed by atoms with van der Waals surface area (Å²) in [6.07, 6.45) is 2.13. The highest BCUT2D eigenvalue weighted by Crippen LogP contribution is 2.39. The molecule has 0 aromatic heterocycles. The van der Waals surface area contributed by atoms with Crippen molar-refractivity contribution in [3.8, 4) is 0 Å². The Morgan fingerprint density at radius 2 is 1.79 bits per heavy atom. The fourth-order valence-corrected chi connectivity index (χ4v) is 2.73. The van der Waals surface area contributed by atoms with E-state index in [0.717, 1.165) is 12.8 Å². The maximum atomic E-state index is 13.2. The zero-order valence-corrected chi connectivity index (χ0v) is 11.2. The first-order valence-corrected chi connectivity index (χ1v) is 6.86. The van der Waals surface area contributed by atoms with E-state index in [4.69, 9.17) is 11.6 Å². The van der Waals surface area contributed by atoms with Gasteiger partial charge < -0.3 is 5.32 Å². The van der Waals surface area contributed by atoms with Gasteiger partial charge in [0.05, 0.1) is 10.7 Å². The first-order chi connectivity index (χ1) is 9.22. The SMILES string of the molecule is Fc1ccc(Cl)c(NC2CC(c3ccccc3)C2)c1. The van der Waals surface area contributed by atoms with Crippen LogP contribution in [0.3, 0.4) is 0 Å². The van der Waals surface area contributed by atoms with Gasteiger partial charge in [-0.3, -0.25) is 0 Å². The molecular weight excluding hydrogens is 261 g/mol. The Labute approximate surface area is 117 Å². The topological polar surface area (TPSA) is 12.0 Å². The first-order valence-electron chi connectivity index (χ1n) is 6.49. The number of hydrogen-bond acceptors (Lipinski definition) is 1. The monoisotopic (exact) mass is 275 g/mol. The van der Waals surface area contributed by atoms with Crippen LogP contribution in [-0.2, 0) is 0 Å². The fraction of sp³-hybridized carbons (Fsp3) is 0.250. The minimum Gasteiger partial charge on any atom is -0.381 e. The maximum absolute atomic E-state index is 13.2. The molecule has 1 aliphatic carbocycles. The van der Waals surface area contributed by atoms with Crippen LogP contribution in [0.15, 0.2) is 48.5 Å². The van der Waals surface area contributed by atoms with E-state index in [1.807, 2.05) is 6.07 Å². The molecule has 2 aromatic carbocycles. The fourth-order valence-electron chi connectivity index (χ4n) is 2.56. The third kappa shape index (κ3) is 2.74. The molecule has 2 aromatic rings.